The Morgan fingerprint density at radius 3 is 2.57 bits per heavy atom. The van der Waals surface area contributed by atoms with E-state index >= 15 is 0 Å². The van der Waals surface area contributed by atoms with Crippen molar-refractivity contribution < 1.29 is 33.3 Å². The normalized spacial score (nSPS) is 16.8. The molecule has 8 nitrogen and oxygen atoms in total. The standard InChI is InChI=1S/C20H25NO7/c1-13(2)19(14-4-5-15-16(10-14)26-7-3-6-25-15)21-18(22)12-28-20(23)17-11-24-8-9-27-17/h4-5,10-11,13,19H,3,6-9,12H2,1-2H3,(H,21,22)/t19-/m1/s1. The first-order valence-corrected chi connectivity index (χ1v) is 9.35. The molecule has 2 heterocycles. The minimum absolute atomic E-state index is 0.0395. The fraction of sp³-hybridized carbons (Fsp3) is 0.500. The molecular formula is C20H25NO7. The summed E-state index contributed by atoms with van der Waals surface area (Å²) in [6.07, 6.45) is 2.02. The van der Waals surface area contributed by atoms with Gasteiger partial charge in [-0.3, -0.25) is 4.79 Å². The lowest BCUT2D eigenvalue weighted by Crippen LogP contribution is -2.35. The maximum Gasteiger partial charge on any atom is 0.377 e. The van der Waals surface area contributed by atoms with Gasteiger partial charge in [0.25, 0.3) is 5.91 Å². The SMILES string of the molecule is CC(C)[C@@H](NC(=O)COC(=O)C1=COCCO1)c1ccc2c(c1)OCCCO2. The van der Waals surface area contributed by atoms with Crippen molar-refractivity contribution in [3.05, 3.63) is 35.8 Å². The number of carbonyl (C=O) groups is 2. The second kappa shape index (κ2) is 9.34. The van der Waals surface area contributed by atoms with Crippen LogP contribution in [0.2, 0.25) is 0 Å². The first kappa shape index (κ1) is 19.9. The Hall–Kier alpha value is -2.90. The molecule has 28 heavy (non-hydrogen) atoms. The van der Waals surface area contributed by atoms with Gasteiger partial charge in [0.05, 0.1) is 19.3 Å². The number of esters is 1. The third kappa shape index (κ3) is 5.09. The lowest BCUT2D eigenvalue weighted by atomic mass is 9.95. The molecule has 2 aliphatic heterocycles. The Balaban J connectivity index is 1.61. The minimum atomic E-state index is -0.730. The summed E-state index contributed by atoms with van der Waals surface area (Å²) in [6.45, 7) is 5.44. The molecule has 1 amide bonds. The molecule has 1 aromatic carbocycles. The predicted octanol–water partition coefficient (Wildman–Crippen LogP) is 2.09. The van der Waals surface area contributed by atoms with Gasteiger partial charge in [-0.15, -0.1) is 0 Å². The average Bonchev–Trinajstić information content (AvgIpc) is 2.95. The monoisotopic (exact) mass is 391 g/mol. The Kier molecular flexibility index (Phi) is 6.62. The number of ether oxygens (including phenoxy) is 5. The van der Waals surface area contributed by atoms with Gasteiger partial charge < -0.3 is 29.0 Å². The first-order chi connectivity index (χ1) is 13.5. The van der Waals surface area contributed by atoms with E-state index in [2.05, 4.69) is 5.32 Å². The van der Waals surface area contributed by atoms with E-state index in [1.54, 1.807) is 0 Å². The molecule has 0 spiro atoms. The zero-order valence-electron chi connectivity index (χ0n) is 16.1. The van der Waals surface area contributed by atoms with Crippen molar-refractivity contribution in [2.24, 2.45) is 5.92 Å². The number of amides is 1. The summed E-state index contributed by atoms with van der Waals surface area (Å²) in [5.41, 5.74) is 0.894. The van der Waals surface area contributed by atoms with Gasteiger partial charge in [0.15, 0.2) is 18.1 Å². The smallest absolute Gasteiger partial charge is 0.377 e. The summed E-state index contributed by atoms with van der Waals surface area (Å²) >= 11 is 0. The minimum Gasteiger partial charge on any atom is -0.493 e. The zero-order chi connectivity index (χ0) is 19.9. The van der Waals surface area contributed by atoms with Crippen molar-refractivity contribution in [1.29, 1.82) is 0 Å². The molecule has 0 aliphatic carbocycles. The van der Waals surface area contributed by atoms with Crippen LogP contribution >= 0.6 is 0 Å². The maximum atomic E-state index is 12.3. The van der Waals surface area contributed by atoms with Gasteiger partial charge in [-0.25, -0.2) is 4.79 Å². The lowest BCUT2D eigenvalue weighted by Gasteiger charge is -2.24. The number of fused-ring (bicyclic) bond motifs is 1. The van der Waals surface area contributed by atoms with E-state index < -0.39 is 18.5 Å². The fourth-order valence-electron chi connectivity index (χ4n) is 2.90. The molecule has 0 radical (unpaired) electrons. The molecule has 0 bridgehead atoms. The molecule has 152 valence electrons. The van der Waals surface area contributed by atoms with E-state index in [1.165, 1.54) is 6.26 Å². The summed E-state index contributed by atoms with van der Waals surface area (Å²) in [6, 6.07) is 5.37. The highest BCUT2D eigenvalue weighted by molar-refractivity contribution is 5.88. The lowest BCUT2D eigenvalue weighted by molar-refractivity contribution is -0.149. The van der Waals surface area contributed by atoms with Gasteiger partial charge in [-0.2, -0.15) is 0 Å². The molecule has 1 aromatic rings. The molecular weight excluding hydrogens is 366 g/mol. The van der Waals surface area contributed by atoms with Crippen LogP contribution in [-0.2, 0) is 23.8 Å². The van der Waals surface area contributed by atoms with Gasteiger partial charge in [0.1, 0.15) is 19.5 Å². The number of nitrogens with one attached hydrogen (secondary N) is 1. The van der Waals surface area contributed by atoms with Crippen LogP contribution in [0.15, 0.2) is 30.2 Å². The van der Waals surface area contributed by atoms with Crippen LogP contribution in [0.1, 0.15) is 31.9 Å². The molecule has 0 saturated carbocycles. The summed E-state index contributed by atoms with van der Waals surface area (Å²) in [4.78, 5) is 24.2. The number of carbonyl (C=O) groups excluding carboxylic acids is 2. The van der Waals surface area contributed by atoms with Crippen molar-refractivity contribution in [2.75, 3.05) is 33.0 Å². The second-order valence-electron chi connectivity index (χ2n) is 6.82. The topological polar surface area (TPSA) is 92.3 Å². The number of benzene rings is 1. The zero-order valence-corrected chi connectivity index (χ0v) is 16.1. The highest BCUT2D eigenvalue weighted by atomic mass is 16.6. The van der Waals surface area contributed by atoms with E-state index in [0.29, 0.717) is 31.3 Å². The fourth-order valence-corrected chi connectivity index (χ4v) is 2.90. The van der Waals surface area contributed by atoms with Gasteiger partial charge in [-0.05, 0) is 23.6 Å². The van der Waals surface area contributed by atoms with Crippen molar-refractivity contribution in [3.8, 4) is 11.5 Å². The highest BCUT2D eigenvalue weighted by Crippen LogP contribution is 2.34. The number of rotatable bonds is 6. The van der Waals surface area contributed by atoms with Crippen molar-refractivity contribution in [1.82, 2.24) is 5.32 Å². The van der Waals surface area contributed by atoms with Crippen molar-refractivity contribution in [2.45, 2.75) is 26.3 Å². The molecule has 0 fully saturated rings. The second-order valence-corrected chi connectivity index (χ2v) is 6.82. The summed E-state index contributed by atoms with van der Waals surface area (Å²) in [5, 5.41) is 2.91. The summed E-state index contributed by atoms with van der Waals surface area (Å²) in [5.74, 6) is 0.308. The number of hydrogen-bond acceptors (Lipinski definition) is 7. The van der Waals surface area contributed by atoms with Gasteiger partial charge in [-0.1, -0.05) is 19.9 Å². The van der Waals surface area contributed by atoms with E-state index in [9.17, 15) is 9.59 Å². The molecule has 2 aliphatic rings. The van der Waals surface area contributed by atoms with E-state index in [0.717, 1.165) is 12.0 Å². The molecule has 1 atom stereocenters. The van der Waals surface area contributed by atoms with Gasteiger partial charge >= 0.3 is 5.97 Å². The maximum absolute atomic E-state index is 12.3. The van der Waals surface area contributed by atoms with E-state index in [1.807, 2.05) is 32.0 Å². The van der Waals surface area contributed by atoms with Crippen LogP contribution in [0.5, 0.6) is 11.5 Å². The van der Waals surface area contributed by atoms with E-state index in [4.69, 9.17) is 23.7 Å². The van der Waals surface area contributed by atoms with Crippen LogP contribution in [0.3, 0.4) is 0 Å². The van der Waals surface area contributed by atoms with E-state index in [-0.39, 0.29) is 24.3 Å². The predicted molar refractivity (Wildman–Crippen MR) is 98.7 cm³/mol. The summed E-state index contributed by atoms with van der Waals surface area (Å²) < 4.78 is 26.5. The molecule has 0 unspecified atom stereocenters. The van der Waals surface area contributed by atoms with Crippen LogP contribution in [0, 0.1) is 5.92 Å². The average molecular weight is 391 g/mol. The third-order valence-electron chi connectivity index (χ3n) is 4.30. The van der Waals surface area contributed by atoms with Crippen LogP contribution < -0.4 is 14.8 Å². The Labute approximate surface area is 163 Å². The summed E-state index contributed by atoms with van der Waals surface area (Å²) in [7, 11) is 0. The van der Waals surface area contributed by atoms with Gasteiger partial charge in [0.2, 0.25) is 5.76 Å². The molecule has 1 N–H and O–H groups in total. The Bertz CT molecular complexity index is 744. The van der Waals surface area contributed by atoms with Crippen LogP contribution in [0.4, 0.5) is 0 Å². The quantitative estimate of drug-likeness (QED) is 0.743. The van der Waals surface area contributed by atoms with Crippen molar-refractivity contribution in [3.63, 3.8) is 0 Å². The van der Waals surface area contributed by atoms with Crippen LogP contribution in [-0.4, -0.2) is 44.9 Å². The van der Waals surface area contributed by atoms with Gasteiger partial charge in [0, 0.05) is 6.42 Å². The first-order valence-electron chi connectivity index (χ1n) is 9.35. The third-order valence-corrected chi connectivity index (χ3v) is 4.30. The largest absolute Gasteiger partial charge is 0.493 e. The molecule has 3 rings (SSSR count). The molecule has 8 heteroatoms. The highest BCUT2D eigenvalue weighted by Gasteiger charge is 2.23. The van der Waals surface area contributed by atoms with Crippen molar-refractivity contribution >= 4 is 11.9 Å². The Morgan fingerprint density at radius 1 is 1.07 bits per heavy atom. The molecule has 0 saturated heterocycles. The van der Waals surface area contributed by atoms with Crippen LogP contribution in [0.25, 0.3) is 0 Å². The Morgan fingerprint density at radius 2 is 1.86 bits per heavy atom. The number of hydrogen-bond donors (Lipinski definition) is 1. The molecule has 0 aromatic heterocycles.